The molecule has 0 aliphatic carbocycles. The normalized spacial score (nSPS) is 9.33. The van der Waals surface area contributed by atoms with E-state index in [-0.39, 0.29) is 0 Å². The minimum absolute atomic E-state index is 0.644. The van der Waals surface area contributed by atoms with Gasteiger partial charge in [0, 0.05) is 0 Å². The first-order valence-corrected chi connectivity index (χ1v) is 3.34. The van der Waals surface area contributed by atoms with Crippen LogP contribution >= 0.6 is 8.69 Å². The van der Waals surface area contributed by atoms with Gasteiger partial charge < -0.3 is 0 Å². The van der Waals surface area contributed by atoms with Gasteiger partial charge in [0.05, 0.1) is 0 Å². The van der Waals surface area contributed by atoms with E-state index in [9.17, 15) is 4.57 Å². The predicted octanol–water partition coefficient (Wildman–Crippen LogP) is 2.00. The second kappa shape index (κ2) is 3.21. The summed E-state index contributed by atoms with van der Waals surface area (Å²) in [6.07, 6.45) is 0. The first-order valence-electron chi connectivity index (χ1n) is 2.52. The molecular weight excluding hydrogens is 135 g/mol. The van der Waals surface area contributed by atoms with Crippen LogP contribution in [0.25, 0.3) is 0 Å². The molecule has 0 aromatic heterocycles. The topological polar surface area (TPSA) is 26.3 Å². The highest BCUT2D eigenvalue weighted by Crippen LogP contribution is 2.12. The van der Waals surface area contributed by atoms with Crippen LogP contribution in [0, 0.1) is 0 Å². The van der Waals surface area contributed by atoms with E-state index in [4.69, 9.17) is 0 Å². The van der Waals surface area contributed by atoms with Crippen LogP contribution in [0.5, 0.6) is 5.75 Å². The summed E-state index contributed by atoms with van der Waals surface area (Å²) in [5, 5.41) is 0. The Balaban J connectivity index is 2.72. The van der Waals surface area contributed by atoms with Crippen molar-refractivity contribution < 1.29 is 9.09 Å². The fourth-order valence-electron chi connectivity index (χ4n) is 0.537. The van der Waals surface area contributed by atoms with E-state index in [0.29, 0.717) is 5.75 Å². The van der Waals surface area contributed by atoms with Gasteiger partial charge in [0.1, 0.15) is 0 Å². The summed E-state index contributed by atoms with van der Waals surface area (Å²) in [6.45, 7) is 0. The van der Waals surface area contributed by atoms with Gasteiger partial charge in [0.15, 0.2) is 5.75 Å². The largest absolute Gasteiger partial charge is 0.542 e. The molecule has 3 heteroatoms. The Morgan fingerprint density at radius 1 is 1.22 bits per heavy atom. The van der Waals surface area contributed by atoms with Crippen LogP contribution in [0.4, 0.5) is 0 Å². The molecule has 0 saturated carbocycles. The Bertz CT molecular complexity index is 186. The number of rotatable bonds is 2. The number of hydrogen-bond acceptors (Lipinski definition) is 2. The van der Waals surface area contributed by atoms with Crippen molar-refractivity contribution in [2.75, 3.05) is 0 Å². The Hall–Kier alpha value is -0.880. The Morgan fingerprint density at radius 3 is 2.44 bits per heavy atom. The first kappa shape index (κ1) is 6.24. The average molecular weight is 141 g/mol. The number of hydrogen-bond donors (Lipinski definition) is 0. The number of benzene rings is 1. The van der Waals surface area contributed by atoms with Gasteiger partial charge in [0.25, 0.3) is 0 Å². The molecule has 2 nitrogen and oxygen atoms in total. The molecule has 1 atom stereocenters. The molecule has 1 unspecified atom stereocenters. The molecule has 0 aliphatic rings. The van der Waals surface area contributed by atoms with Crippen LogP contribution in [-0.4, -0.2) is 0 Å². The monoisotopic (exact) mass is 141 g/mol. The molecule has 0 fully saturated rings. The van der Waals surface area contributed by atoms with Crippen molar-refractivity contribution in [2.24, 2.45) is 0 Å². The summed E-state index contributed by atoms with van der Waals surface area (Å²) in [5.41, 5.74) is 0. The maximum Gasteiger partial charge on any atom is 0.542 e. The van der Waals surface area contributed by atoms with E-state index in [1.165, 1.54) is 0 Å². The molecule has 1 rings (SSSR count). The fourth-order valence-corrected chi connectivity index (χ4v) is 0.769. The van der Waals surface area contributed by atoms with Gasteiger partial charge >= 0.3 is 8.69 Å². The molecule has 0 heterocycles. The van der Waals surface area contributed by atoms with Crippen molar-refractivity contribution in [3.63, 3.8) is 0 Å². The molecule has 0 bridgehead atoms. The summed E-state index contributed by atoms with van der Waals surface area (Å²) in [4.78, 5) is 0. The lowest BCUT2D eigenvalue weighted by atomic mass is 10.3. The molecule has 1 aromatic rings. The van der Waals surface area contributed by atoms with Crippen molar-refractivity contribution in [2.45, 2.75) is 0 Å². The van der Waals surface area contributed by atoms with Crippen molar-refractivity contribution in [3.05, 3.63) is 30.3 Å². The quantitative estimate of drug-likeness (QED) is 0.589. The SMILES string of the molecule is O=[PH+]Oc1ccccc1. The molecule has 9 heavy (non-hydrogen) atoms. The molecular formula is C6H6O2P+. The molecule has 0 amide bonds. The van der Waals surface area contributed by atoms with Crippen LogP contribution < -0.4 is 4.52 Å². The third kappa shape index (κ3) is 1.82. The lowest BCUT2D eigenvalue weighted by molar-refractivity contribution is 0.525. The lowest BCUT2D eigenvalue weighted by Crippen LogP contribution is -1.70. The minimum atomic E-state index is -0.715. The lowest BCUT2D eigenvalue weighted by Gasteiger charge is -1.84. The van der Waals surface area contributed by atoms with Crippen LogP contribution in [0.2, 0.25) is 0 Å². The molecule has 46 valence electrons. The molecule has 0 radical (unpaired) electrons. The summed E-state index contributed by atoms with van der Waals surface area (Å²) < 4.78 is 14.6. The van der Waals surface area contributed by atoms with Crippen LogP contribution in [0.15, 0.2) is 30.3 Å². The summed E-state index contributed by atoms with van der Waals surface area (Å²) in [6, 6.07) is 9.04. The minimum Gasteiger partial charge on any atom is -0.256 e. The smallest absolute Gasteiger partial charge is 0.256 e. The van der Waals surface area contributed by atoms with E-state index in [2.05, 4.69) is 4.52 Å². The molecule has 0 N–H and O–H groups in total. The van der Waals surface area contributed by atoms with E-state index in [1.54, 1.807) is 12.1 Å². The summed E-state index contributed by atoms with van der Waals surface area (Å²) in [7, 11) is -0.715. The van der Waals surface area contributed by atoms with Gasteiger partial charge in [-0.25, -0.2) is 0 Å². The van der Waals surface area contributed by atoms with Gasteiger partial charge in [0.2, 0.25) is 0 Å². The van der Waals surface area contributed by atoms with E-state index in [1.807, 2.05) is 18.2 Å². The summed E-state index contributed by atoms with van der Waals surface area (Å²) in [5.74, 6) is 0.644. The maximum atomic E-state index is 9.90. The zero-order valence-electron chi connectivity index (χ0n) is 4.70. The molecule has 0 aliphatic heterocycles. The average Bonchev–Trinajstić information content (AvgIpc) is 1.91. The van der Waals surface area contributed by atoms with E-state index in [0.717, 1.165) is 0 Å². The fraction of sp³-hybridized carbons (Fsp3) is 0. The summed E-state index contributed by atoms with van der Waals surface area (Å²) >= 11 is 0. The van der Waals surface area contributed by atoms with Crippen molar-refractivity contribution in [1.82, 2.24) is 0 Å². The zero-order valence-corrected chi connectivity index (χ0v) is 5.70. The van der Waals surface area contributed by atoms with Crippen molar-refractivity contribution >= 4 is 8.69 Å². The van der Waals surface area contributed by atoms with Gasteiger partial charge in [-0.15, -0.1) is 0 Å². The van der Waals surface area contributed by atoms with Crippen molar-refractivity contribution in [3.8, 4) is 5.75 Å². The van der Waals surface area contributed by atoms with Crippen LogP contribution in [0.3, 0.4) is 0 Å². The van der Waals surface area contributed by atoms with Gasteiger partial charge in [-0.1, -0.05) is 18.2 Å². The Morgan fingerprint density at radius 2 is 1.89 bits per heavy atom. The predicted molar refractivity (Wildman–Crippen MR) is 36.1 cm³/mol. The highest BCUT2D eigenvalue weighted by Gasteiger charge is 1.92. The van der Waals surface area contributed by atoms with Gasteiger partial charge in [-0.3, -0.25) is 4.52 Å². The highest BCUT2D eigenvalue weighted by molar-refractivity contribution is 7.17. The van der Waals surface area contributed by atoms with Crippen LogP contribution in [0.1, 0.15) is 0 Å². The molecule has 0 spiro atoms. The van der Waals surface area contributed by atoms with E-state index < -0.39 is 8.69 Å². The maximum absolute atomic E-state index is 9.90. The first-order chi connectivity index (χ1) is 4.43. The highest BCUT2D eigenvalue weighted by atomic mass is 31.1. The molecule has 1 aromatic carbocycles. The zero-order chi connectivity index (χ0) is 6.53. The van der Waals surface area contributed by atoms with Gasteiger partial charge in [-0.05, 0) is 16.7 Å². The number of para-hydroxylation sites is 1. The second-order valence-corrected chi connectivity index (χ2v) is 1.87. The third-order valence-electron chi connectivity index (χ3n) is 0.903. The van der Waals surface area contributed by atoms with E-state index >= 15 is 0 Å². The second-order valence-electron chi connectivity index (χ2n) is 1.50. The molecule has 0 saturated heterocycles. The van der Waals surface area contributed by atoms with Gasteiger partial charge in [-0.2, -0.15) is 0 Å². The Kier molecular flexibility index (Phi) is 2.22. The van der Waals surface area contributed by atoms with Crippen LogP contribution in [-0.2, 0) is 4.57 Å². The van der Waals surface area contributed by atoms with Crippen molar-refractivity contribution in [1.29, 1.82) is 0 Å². The Labute approximate surface area is 54.8 Å². The third-order valence-corrected chi connectivity index (χ3v) is 1.22. The standard InChI is InChI=1S/C6H6O2P/c7-9-8-6-4-2-1-3-5-6/h1-5,9H/q+1.